The highest BCUT2D eigenvalue weighted by atomic mass is 32.1. The van der Waals surface area contributed by atoms with Crippen molar-refractivity contribution in [2.75, 3.05) is 13.6 Å². The summed E-state index contributed by atoms with van der Waals surface area (Å²) >= 11 is 4.91. The molecule has 0 aromatic rings. The van der Waals surface area contributed by atoms with Crippen LogP contribution in [0, 0.1) is 11.8 Å². The molecule has 2 nitrogen and oxygen atoms in total. The maximum atomic E-state index is 5.52. The fourth-order valence-corrected chi connectivity index (χ4v) is 2.48. The van der Waals surface area contributed by atoms with Crippen LogP contribution < -0.4 is 5.73 Å². The van der Waals surface area contributed by atoms with Crippen molar-refractivity contribution in [1.82, 2.24) is 4.90 Å². The Bertz CT molecular complexity index is 218. The van der Waals surface area contributed by atoms with E-state index in [2.05, 4.69) is 25.8 Å². The van der Waals surface area contributed by atoms with Gasteiger partial charge < -0.3 is 10.6 Å². The van der Waals surface area contributed by atoms with E-state index in [1.165, 1.54) is 19.3 Å². The number of hydrogen-bond donors (Lipinski definition) is 1. The Labute approximate surface area is 99.2 Å². The second kappa shape index (κ2) is 5.80. The SMILES string of the molecule is CC1CCC(N(C)CCC(N)=S)CC1C. The van der Waals surface area contributed by atoms with E-state index < -0.39 is 0 Å². The van der Waals surface area contributed by atoms with Gasteiger partial charge in [-0.05, 0) is 38.1 Å². The van der Waals surface area contributed by atoms with Gasteiger partial charge in [0.05, 0.1) is 4.99 Å². The van der Waals surface area contributed by atoms with Crippen molar-refractivity contribution in [3.63, 3.8) is 0 Å². The molecule has 3 atom stereocenters. The highest BCUT2D eigenvalue weighted by molar-refractivity contribution is 7.80. The van der Waals surface area contributed by atoms with E-state index in [1.54, 1.807) is 0 Å². The third kappa shape index (κ3) is 4.07. The van der Waals surface area contributed by atoms with Gasteiger partial charge in [-0.15, -0.1) is 0 Å². The quantitative estimate of drug-likeness (QED) is 0.749. The number of thiocarbonyl (C=S) groups is 1. The minimum absolute atomic E-state index is 0.638. The lowest BCUT2D eigenvalue weighted by Crippen LogP contribution is -2.39. The van der Waals surface area contributed by atoms with Crippen LogP contribution in [0.3, 0.4) is 0 Å². The Hall–Kier alpha value is -0.150. The highest BCUT2D eigenvalue weighted by Crippen LogP contribution is 2.31. The standard InChI is InChI=1S/C12H24N2S/c1-9-4-5-11(8-10(9)2)14(3)7-6-12(13)15/h9-11H,4-8H2,1-3H3,(H2,13,15). The van der Waals surface area contributed by atoms with Crippen LogP contribution in [0.4, 0.5) is 0 Å². The molecule has 1 rings (SSSR count). The fraction of sp³-hybridized carbons (Fsp3) is 0.917. The smallest absolute Gasteiger partial charge is 0.0740 e. The molecular formula is C12H24N2S. The molecule has 1 aliphatic rings. The number of rotatable bonds is 4. The predicted octanol–water partition coefficient (Wildman–Crippen LogP) is 2.42. The number of hydrogen-bond acceptors (Lipinski definition) is 2. The zero-order valence-corrected chi connectivity index (χ0v) is 11.0. The van der Waals surface area contributed by atoms with Crippen LogP contribution in [0.2, 0.25) is 0 Å². The van der Waals surface area contributed by atoms with Gasteiger partial charge in [0.2, 0.25) is 0 Å². The maximum Gasteiger partial charge on any atom is 0.0740 e. The van der Waals surface area contributed by atoms with Crippen molar-refractivity contribution in [3.05, 3.63) is 0 Å². The van der Waals surface area contributed by atoms with E-state index in [-0.39, 0.29) is 0 Å². The average Bonchev–Trinajstić information content (AvgIpc) is 2.18. The highest BCUT2D eigenvalue weighted by Gasteiger charge is 2.26. The minimum atomic E-state index is 0.638. The Kier molecular flexibility index (Phi) is 5.00. The molecule has 1 aliphatic carbocycles. The van der Waals surface area contributed by atoms with E-state index >= 15 is 0 Å². The van der Waals surface area contributed by atoms with E-state index in [0.717, 1.165) is 30.8 Å². The second-order valence-corrected chi connectivity index (χ2v) is 5.64. The summed E-state index contributed by atoms with van der Waals surface area (Å²) < 4.78 is 0. The van der Waals surface area contributed by atoms with Crippen molar-refractivity contribution in [3.8, 4) is 0 Å². The third-order valence-corrected chi connectivity index (χ3v) is 4.11. The van der Waals surface area contributed by atoms with Crippen molar-refractivity contribution in [1.29, 1.82) is 0 Å². The van der Waals surface area contributed by atoms with Crippen LogP contribution in [0.15, 0.2) is 0 Å². The molecule has 15 heavy (non-hydrogen) atoms. The molecular weight excluding hydrogens is 204 g/mol. The molecule has 0 spiro atoms. The van der Waals surface area contributed by atoms with Crippen LogP contribution in [-0.4, -0.2) is 29.5 Å². The Morgan fingerprint density at radius 3 is 2.53 bits per heavy atom. The molecule has 3 unspecified atom stereocenters. The molecule has 3 heteroatoms. The van der Waals surface area contributed by atoms with Gasteiger partial charge in [0.25, 0.3) is 0 Å². The van der Waals surface area contributed by atoms with Crippen molar-refractivity contribution < 1.29 is 0 Å². The molecule has 0 aliphatic heterocycles. The van der Waals surface area contributed by atoms with Gasteiger partial charge >= 0.3 is 0 Å². The largest absolute Gasteiger partial charge is 0.393 e. The molecule has 0 bridgehead atoms. The molecule has 2 N–H and O–H groups in total. The van der Waals surface area contributed by atoms with Gasteiger partial charge in [0, 0.05) is 19.0 Å². The summed E-state index contributed by atoms with van der Waals surface area (Å²) in [5, 5.41) is 0. The third-order valence-electron chi connectivity index (χ3n) is 3.90. The van der Waals surface area contributed by atoms with Gasteiger partial charge in [-0.3, -0.25) is 0 Å². The van der Waals surface area contributed by atoms with Gasteiger partial charge in [-0.25, -0.2) is 0 Å². The summed E-state index contributed by atoms with van der Waals surface area (Å²) in [6.45, 7) is 5.76. The lowest BCUT2D eigenvalue weighted by molar-refractivity contribution is 0.134. The maximum absolute atomic E-state index is 5.52. The Balaban J connectivity index is 2.33. The minimum Gasteiger partial charge on any atom is -0.393 e. The summed E-state index contributed by atoms with van der Waals surface area (Å²) in [4.78, 5) is 3.07. The first kappa shape index (κ1) is 12.9. The van der Waals surface area contributed by atoms with E-state index in [0.29, 0.717) is 4.99 Å². The second-order valence-electron chi connectivity index (χ2n) is 5.12. The molecule has 0 aromatic heterocycles. The van der Waals surface area contributed by atoms with Crippen LogP contribution in [0.5, 0.6) is 0 Å². The first-order valence-electron chi connectivity index (χ1n) is 5.99. The number of nitrogens with two attached hydrogens (primary N) is 1. The van der Waals surface area contributed by atoms with Crippen molar-refractivity contribution in [2.24, 2.45) is 17.6 Å². The summed E-state index contributed by atoms with van der Waals surface area (Å²) in [6.07, 6.45) is 4.88. The van der Waals surface area contributed by atoms with Crippen LogP contribution in [-0.2, 0) is 0 Å². The molecule has 0 radical (unpaired) electrons. The zero-order chi connectivity index (χ0) is 11.4. The van der Waals surface area contributed by atoms with E-state index in [1.807, 2.05) is 0 Å². The molecule has 88 valence electrons. The van der Waals surface area contributed by atoms with Crippen molar-refractivity contribution >= 4 is 17.2 Å². The molecule has 0 heterocycles. The first-order chi connectivity index (χ1) is 7.00. The molecule has 1 fully saturated rings. The van der Waals surface area contributed by atoms with E-state index in [9.17, 15) is 0 Å². The van der Waals surface area contributed by atoms with Crippen LogP contribution in [0.25, 0.3) is 0 Å². The topological polar surface area (TPSA) is 29.3 Å². The summed E-state index contributed by atoms with van der Waals surface area (Å²) in [5.41, 5.74) is 5.52. The predicted molar refractivity (Wildman–Crippen MR) is 70.0 cm³/mol. The van der Waals surface area contributed by atoms with Crippen LogP contribution >= 0.6 is 12.2 Å². The lowest BCUT2D eigenvalue weighted by atomic mass is 9.78. The molecule has 0 saturated heterocycles. The first-order valence-corrected chi connectivity index (χ1v) is 6.40. The fourth-order valence-electron chi connectivity index (χ4n) is 2.39. The summed E-state index contributed by atoms with van der Waals surface area (Å²) in [5.74, 6) is 1.75. The number of nitrogens with zero attached hydrogens (tertiary/aromatic N) is 1. The van der Waals surface area contributed by atoms with Gasteiger partial charge in [0.15, 0.2) is 0 Å². The van der Waals surface area contributed by atoms with Gasteiger partial charge in [-0.1, -0.05) is 26.1 Å². The van der Waals surface area contributed by atoms with Gasteiger partial charge in [-0.2, -0.15) is 0 Å². The molecule has 1 saturated carbocycles. The Morgan fingerprint density at radius 2 is 2.00 bits per heavy atom. The molecule has 0 aromatic carbocycles. The van der Waals surface area contributed by atoms with Crippen molar-refractivity contribution in [2.45, 2.75) is 45.6 Å². The van der Waals surface area contributed by atoms with Gasteiger partial charge in [0.1, 0.15) is 0 Å². The molecule has 0 amide bonds. The summed E-state index contributed by atoms with van der Waals surface area (Å²) in [6, 6.07) is 0.741. The monoisotopic (exact) mass is 228 g/mol. The zero-order valence-electron chi connectivity index (χ0n) is 10.2. The normalized spacial score (nSPS) is 31.9. The Morgan fingerprint density at radius 1 is 1.33 bits per heavy atom. The summed E-state index contributed by atoms with van der Waals surface area (Å²) in [7, 11) is 2.20. The average molecular weight is 228 g/mol. The van der Waals surface area contributed by atoms with E-state index in [4.69, 9.17) is 18.0 Å². The lowest BCUT2D eigenvalue weighted by Gasteiger charge is -2.37. The van der Waals surface area contributed by atoms with Crippen LogP contribution in [0.1, 0.15) is 39.5 Å².